The zero-order valence-corrected chi connectivity index (χ0v) is 5.14. The van der Waals surface area contributed by atoms with Gasteiger partial charge in [0.15, 0.2) is 0 Å². The fourth-order valence-electron chi connectivity index (χ4n) is 0.428. The maximum Gasteiger partial charge on any atom is -0.0313 e. The standard InChI is InChI=1S/C8H12/c1-3-5-7-8-6-4-2/h1,3,6,8H,2,4-5,7H2. The zero-order chi connectivity index (χ0) is 6.24. The second-order valence-corrected chi connectivity index (χ2v) is 1.57. The normalized spacial score (nSPS) is 10.1. The molecule has 0 nitrogen and oxygen atoms in total. The molecule has 2 radical (unpaired) electrons. The fourth-order valence-corrected chi connectivity index (χ4v) is 0.428. The summed E-state index contributed by atoms with van der Waals surface area (Å²) < 4.78 is 0. The number of allylic oxidation sites excluding steroid dienone is 3. The summed E-state index contributed by atoms with van der Waals surface area (Å²) in [5.41, 5.74) is 0. The van der Waals surface area contributed by atoms with E-state index in [0.29, 0.717) is 0 Å². The summed E-state index contributed by atoms with van der Waals surface area (Å²) in [6.45, 7) is 8.79. The van der Waals surface area contributed by atoms with Crippen LogP contribution in [0.4, 0.5) is 0 Å². The Morgan fingerprint density at radius 2 is 2.00 bits per heavy atom. The Balaban J connectivity index is 2.90. The third-order valence-electron chi connectivity index (χ3n) is 0.833. The minimum atomic E-state index is 0.880. The highest BCUT2D eigenvalue weighted by Gasteiger charge is 1.71. The molecule has 0 aromatic carbocycles. The molecule has 0 aliphatic rings. The first-order valence-corrected chi connectivity index (χ1v) is 2.89. The van der Waals surface area contributed by atoms with E-state index < -0.39 is 0 Å². The van der Waals surface area contributed by atoms with Crippen LogP contribution in [0.5, 0.6) is 0 Å². The third-order valence-corrected chi connectivity index (χ3v) is 0.833. The molecular weight excluding hydrogens is 96.1 g/mol. The van der Waals surface area contributed by atoms with Crippen LogP contribution < -0.4 is 0 Å². The van der Waals surface area contributed by atoms with Crippen molar-refractivity contribution in [3.63, 3.8) is 0 Å². The average molecular weight is 108 g/mol. The molecule has 0 N–H and O–H groups in total. The fraction of sp³-hybridized carbons (Fsp3) is 0.375. The zero-order valence-electron chi connectivity index (χ0n) is 5.14. The van der Waals surface area contributed by atoms with Crippen molar-refractivity contribution in [2.24, 2.45) is 0 Å². The Morgan fingerprint density at radius 1 is 1.25 bits per heavy atom. The van der Waals surface area contributed by atoms with Gasteiger partial charge in [-0.05, 0) is 26.2 Å². The molecule has 0 aliphatic carbocycles. The first kappa shape index (κ1) is 7.48. The van der Waals surface area contributed by atoms with Crippen LogP contribution in [-0.2, 0) is 0 Å². The van der Waals surface area contributed by atoms with E-state index in [4.69, 9.17) is 6.58 Å². The van der Waals surface area contributed by atoms with Gasteiger partial charge in [-0.2, -0.15) is 0 Å². The summed E-state index contributed by atoms with van der Waals surface area (Å²) >= 11 is 0. The summed E-state index contributed by atoms with van der Waals surface area (Å²) in [4.78, 5) is 0. The molecule has 0 spiro atoms. The molecule has 0 bridgehead atoms. The number of unbranched alkanes of at least 4 members (excludes halogenated alkanes) is 1. The van der Waals surface area contributed by atoms with E-state index >= 15 is 0 Å². The molecule has 0 aromatic heterocycles. The quantitative estimate of drug-likeness (QED) is 0.383. The highest BCUT2D eigenvalue weighted by molar-refractivity contribution is 4.84. The van der Waals surface area contributed by atoms with Crippen molar-refractivity contribution in [3.8, 4) is 0 Å². The van der Waals surface area contributed by atoms with Gasteiger partial charge in [0.05, 0.1) is 0 Å². The molecule has 0 saturated heterocycles. The smallest absolute Gasteiger partial charge is 0.0313 e. The molecule has 0 atom stereocenters. The van der Waals surface area contributed by atoms with Gasteiger partial charge < -0.3 is 0 Å². The van der Waals surface area contributed by atoms with E-state index in [-0.39, 0.29) is 0 Å². The lowest BCUT2D eigenvalue weighted by Crippen LogP contribution is -1.61. The van der Waals surface area contributed by atoms with E-state index in [0.717, 1.165) is 19.3 Å². The minimum Gasteiger partial charge on any atom is -0.0885 e. The number of hydrogen-bond acceptors (Lipinski definition) is 0. The average Bonchev–Trinajstić information content (AvgIpc) is 1.81. The van der Waals surface area contributed by atoms with Gasteiger partial charge in [0, 0.05) is 0 Å². The van der Waals surface area contributed by atoms with Crippen LogP contribution in [0.15, 0.2) is 18.2 Å². The minimum absolute atomic E-state index is 0.880. The summed E-state index contributed by atoms with van der Waals surface area (Å²) in [6, 6.07) is 0. The molecule has 0 amide bonds. The van der Waals surface area contributed by atoms with Crippen molar-refractivity contribution < 1.29 is 0 Å². The van der Waals surface area contributed by atoms with Gasteiger partial charge in [0.2, 0.25) is 0 Å². The Bertz CT molecular complexity index is 70.1. The molecule has 0 aromatic rings. The van der Waals surface area contributed by atoms with Gasteiger partial charge in [-0.15, -0.1) is 0 Å². The first-order valence-electron chi connectivity index (χ1n) is 2.89. The molecule has 0 heteroatoms. The van der Waals surface area contributed by atoms with E-state index in [1.165, 1.54) is 0 Å². The van der Waals surface area contributed by atoms with Crippen molar-refractivity contribution >= 4 is 0 Å². The van der Waals surface area contributed by atoms with Gasteiger partial charge in [-0.25, -0.2) is 0 Å². The summed E-state index contributed by atoms with van der Waals surface area (Å²) in [6.07, 6.45) is 8.71. The van der Waals surface area contributed by atoms with Gasteiger partial charge in [-0.1, -0.05) is 24.8 Å². The van der Waals surface area contributed by atoms with E-state index in [1.54, 1.807) is 6.08 Å². The van der Waals surface area contributed by atoms with Gasteiger partial charge in [0.1, 0.15) is 0 Å². The summed E-state index contributed by atoms with van der Waals surface area (Å²) in [5.74, 6) is 0. The van der Waals surface area contributed by atoms with Gasteiger partial charge in [0.25, 0.3) is 0 Å². The predicted molar refractivity (Wildman–Crippen MR) is 37.2 cm³/mol. The van der Waals surface area contributed by atoms with E-state index in [9.17, 15) is 0 Å². The van der Waals surface area contributed by atoms with Crippen LogP contribution in [0.2, 0.25) is 0 Å². The Morgan fingerprint density at radius 3 is 2.50 bits per heavy atom. The largest absolute Gasteiger partial charge is 0.0885 e. The molecular formula is C8H12. The molecule has 0 heterocycles. The van der Waals surface area contributed by atoms with Crippen LogP contribution in [0.25, 0.3) is 0 Å². The lowest BCUT2D eigenvalue weighted by atomic mass is 10.3. The van der Waals surface area contributed by atoms with E-state index in [1.807, 2.05) is 6.08 Å². The first-order chi connectivity index (χ1) is 3.91. The van der Waals surface area contributed by atoms with E-state index in [2.05, 4.69) is 13.0 Å². The van der Waals surface area contributed by atoms with Crippen molar-refractivity contribution in [1.82, 2.24) is 0 Å². The van der Waals surface area contributed by atoms with Gasteiger partial charge in [-0.3, -0.25) is 0 Å². The monoisotopic (exact) mass is 108 g/mol. The maximum absolute atomic E-state index is 5.14. The van der Waals surface area contributed by atoms with Crippen molar-refractivity contribution in [2.45, 2.75) is 19.3 Å². The number of hydrogen-bond donors (Lipinski definition) is 0. The molecule has 0 aliphatic heterocycles. The van der Waals surface area contributed by atoms with Crippen LogP contribution in [0.1, 0.15) is 19.3 Å². The third kappa shape index (κ3) is 5.48. The van der Waals surface area contributed by atoms with Crippen molar-refractivity contribution in [2.75, 3.05) is 0 Å². The Kier molecular flexibility index (Phi) is 6.06. The Hall–Kier alpha value is -0.520. The number of rotatable bonds is 4. The molecule has 0 rings (SSSR count). The second-order valence-electron chi connectivity index (χ2n) is 1.57. The maximum atomic E-state index is 5.14. The van der Waals surface area contributed by atoms with Crippen LogP contribution >= 0.6 is 0 Å². The highest BCUT2D eigenvalue weighted by atomic mass is 13.8. The SMILES string of the molecule is [CH]=CCCC=CC[CH2]. The molecule has 44 valence electrons. The van der Waals surface area contributed by atoms with Crippen LogP contribution in [0, 0.1) is 13.5 Å². The van der Waals surface area contributed by atoms with Gasteiger partial charge >= 0.3 is 0 Å². The topological polar surface area (TPSA) is 0 Å². The van der Waals surface area contributed by atoms with Crippen molar-refractivity contribution in [1.29, 1.82) is 0 Å². The predicted octanol–water partition coefficient (Wildman–Crippen LogP) is 2.54. The molecule has 0 fully saturated rings. The summed E-state index contributed by atoms with van der Waals surface area (Å²) in [7, 11) is 0. The van der Waals surface area contributed by atoms with Crippen molar-refractivity contribution in [3.05, 3.63) is 31.7 Å². The second kappa shape index (κ2) is 6.48. The van der Waals surface area contributed by atoms with Crippen LogP contribution in [0.3, 0.4) is 0 Å². The lowest BCUT2D eigenvalue weighted by Gasteiger charge is -1.81. The highest BCUT2D eigenvalue weighted by Crippen LogP contribution is 1.91. The van der Waals surface area contributed by atoms with Crippen LogP contribution in [-0.4, -0.2) is 0 Å². The Labute approximate surface area is 51.9 Å². The molecule has 8 heavy (non-hydrogen) atoms. The molecule has 0 unspecified atom stereocenters. The summed E-state index contributed by atoms with van der Waals surface area (Å²) in [5, 5.41) is 0. The molecule has 0 saturated carbocycles. The lowest BCUT2D eigenvalue weighted by molar-refractivity contribution is 1.05.